The molecule has 2 atom stereocenters. The van der Waals surface area contributed by atoms with E-state index in [2.05, 4.69) is 10.1 Å². The number of ether oxygens (including phenoxy) is 1. The van der Waals surface area contributed by atoms with E-state index < -0.39 is 18.1 Å². The molecular weight excluding hydrogens is 220 g/mol. The number of carbonyl (C=O) groups is 2. The minimum Gasteiger partial charge on any atom is -0.467 e. The van der Waals surface area contributed by atoms with Crippen molar-refractivity contribution >= 4 is 11.9 Å². The Morgan fingerprint density at radius 1 is 1.24 bits per heavy atom. The van der Waals surface area contributed by atoms with E-state index in [0.29, 0.717) is 12.3 Å². The van der Waals surface area contributed by atoms with Gasteiger partial charge in [-0.05, 0) is 18.3 Å². The molecule has 0 fully saturated rings. The number of rotatable bonds is 6. The summed E-state index contributed by atoms with van der Waals surface area (Å²) in [5.41, 5.74) is 5.74. The normalized spacial score (nSPS) is 14.6. The van der Waals surface area contributed by atoms with Crippen LogP contribution in [0.2, 0.25) is 0 Å². The summed E-state index contributed by atoms with van der Waals surface area (Å²) < 4.78 is 4.64. The molecule has 0 aliphatic heterocycles. The standard InChI is InChI=1S/C12H24N2O3/c1-7(2)6-9(13)11(15)14-10(8(3)4)12(16)17-5/h7-10H,6,13H2,1-5H3,(H,14,15)/t9?,10-/m0/s1. The molecule has 3 N–H and O–H groups in total. The van der Waals surface area contributed by atoms with Crippen molar-refractivity contribution in [2.45, 2.75) is 46.2 Å². The predicted molar refractivity (Wildman–Crippen MR) is 66.2 cm³/mol. The highest BCUT2D eigenvalue weighted by Crippen LogP contribution is 2.06. The van der Waals surface area contributed by atoms with Crippen molar-refractivity contribution in [1.29, 1.82) is 0 Å². The molecule has 0 aromatic rings. The fourth-order valence-electron chi connectivity index (χ4n) is 1.50. The van der Waals surface area contributed by atoms with Crippen molar-refractivity contribution in [2.24, 2.45) is 17.6 Å². The van der Waals surface area contributed by atoms with Crippen LogP contribution >= 0.6 is 0 Å². The molecule has 5 nitrogen and oxygen atoms in total. The molecule has 0 aliphatic rings. The Kier molecular flexibility index (Phi) is 6.80. The minimum absolute atomic E-state index is 0.0300. The van der Waals surface area contributed by atoms with Crippen LogP contribution in [0.3, 0.4) is 0 Å². The number of carbonyl (C=O) groups excluding carboxylic acids is 2. The molecule has 0 aliphatic carbocycles. The molecule has 0 aromatic carbocycles. The van der Waals surface area contributed by atoms with Gasteiger partial charge in [-0.2, -0.15) is 0 Å². The first-order chi connectivity index (χ1) is 7.79. The van der Waals surface area contributed by atoms with Crippen LogP contribution in [0, 0.1) is 11.8 Å². The Morgan fingerprint density at radius 2 is 1.76 bits per heavy atom. The lowest BCUT2D eigenvalue weighted by molar-refractivity contribution is -0.146. The highest BCUT2D eigenvalue weighted by atomic mass is 16.5. The number of hydrogen-bond acceptors (Lipinski definition) is 4. The van der Waals surface area contributed by atoms with E-state index in [9.17, 15) is 9.59 Å². The van der Waals surface area contributed by atoms with Gasteiger partial charge in [-0.15, -0.1) is 0 Å². The number of esters is 1. The largest absolute Gasteiger partial charge is 0.467 e. The average molecular weight is 244 g/mol. The van der Waals surface area contributed by atoms with Gasteiger partial charge in [0.25, 0.3) is 0 Å². The van der Waals surface area contributed by atoms with E-state index in [0.717, 1.165) is 0 Å². The SMILES string of the molecule is COC(=O)[C@@H](NC(=O)C(N)CC(C)C)C(C)C. The van der Waals surface area contributed by atoms with Gasteiger partial charge in [0.05, 0.1) is 13.2 Å². The first kappa shape index (κ1) is 15.9. The molecule has 0 saturated heterocycles. The molecule has 100 valence electrons. The van der Waals surface area contributed by atoms with Gasteiger partial charge in [-0.1, -0.05) is 27.7 Å². The van der Waals surface area contributed by atoms with E-state index in [4.69, 9.17) is 5.73 Å². The number of hydrogen-bond donors (Lipinski definition) is 2. The molecule has 0 rings (SSSR count). The number of amides is 1. The van der Waals surface area contributed by atoms with Crippen molar-refractivity contribution in [3.63, 3.8) is 0 Å². The first-order valence-electron chi connectivity index (χ1n) is 5.93. The Bertz CT molecular complexity index is 264. The van der Waals surface area contributed by atoms with Crippen LogP contribution in [0.15, 0.2) is 0 Å². The van der Waals surface area contributed by atoms with Crippen LogP contribution in [-0.4, -0.2) is 31.1 Å². The van der Waals surface area contributed by atoms with Gasteiger partial charge in [0.1, 0.15) is 6.04 Å². The summed E-state index contributed by atoms with van der Waals surface area (Å²) in [6.45, 7) is 7.67. The fraction of sp³-hybridized carbons (Fsp3) is 0.833. The van der Waals surface area contributed by atoms with Crippen molar-refractivity contribution in [3.05, 3.63) is 0 Å². The molecule has 1 amide bonds. The molecule has 5 heteroatoms. The summed E-state index contributed by atoms with van der Waals surface area (Å²) in [5, 5.41) is 2.63. The van der Waals surface area contributed by atoms with Gasteiger partial charge in [-0.25, -0.2) is 4.79 Å². The molecule has 0 radical (unpaired) electrons. The van der Waals surface area contributed by atoms with Crippen LogP contribution in [-0.2, 0) is 14.3 Å². The molecule has 17 heavy (non-hydrogen) atoms. The maximum absolute atomic E-state index is 11.8. The van der Waals surface area contributed by atoms with Crippen LogP contribution in [0.5, 0.6) is 0 Å². The first-order valence-corrected chi connectivity index (χ1v) is 5.93. The number of nitrogens with two attached hydrogens (primary N) is 1. The van der Waals surface area contributed by atoms with Gasteiger partial charge in [-0.3, -0.25) is 4.79 Å². The zero-order valence-corrected chi connectivity index (χ0v) is 11.3. The third kappa shape index (κ3) is 5.68. The smallest absolute Gasteiger partial charge is 0.328 e. The summed E-state index contributed by atoms with van der Waals surface area (Å²) >= 11 is 0. The second kappa shape index (κ2) is 7.27. The third-order valence-electron chi connectivity index (χ3n) is 2.48. The van der Waals surface area contributed by atoms with Crippen LogP contribution in [0.4, 0.5) is 0 Å². The Morgan fingerprint density at radius 3 is 2.12 bits per heavy atom. The molecular formula is C12H24N2O3. The van der Waals surface area contributed by atoms with E-state index in [-0.39, 0.29) is 11.8 Å². The summed E-state index contributed by atoms with van der Waals surface area (Å²) in [6.07, 6.45) is 0.595. The Balaban J connectivity index is 4.45. The van der Waals surface area contributed by atoms with Gasteiger partial charge in [0, 0.05) is 0 Å². The molecule has 0 aromatic heterocycles. The maximum Gasteiger partial charge on any atom is 0.328 e. The van der Waals surface area contributed by atoms with Crippen LogP contribution < -0.4 is 11.1 Å². The predicted octanol–water partition coefficient (Wildman–Crippen LogP) is 0.674. The van der Waals surface area contributed by atoms with E-state index >= 15 is 0 Å². The number of nitrogens with one attached hydrogen (secondary N) is 1. The van der Waals surface area contributed by atoms with Gasteiger partial charge in [0.2, 0.25) is 5.91 Å². The molecule has 0 saturated carbocycles. The molecule has 0 heterocycles. The third-order valence-corrected chi connectivity index (χ3v) is 2.48. The highest BCUT2D eigenvalue weighted by Gasteiger charge is 2.27. The quantitative estimate of drug-likeness (QED) is 0.673. The monoisotopic (exact) mass is 244 g/mol. The summed E-state index contributed by atoms with van der Waals surface area (Å²) in [7, 11) is 1.30. The lowest BCUT2D eigenvalue weighted by atomic mass is 10.0. The minimum atomic E-state index is -0.634. The molecule has 0 spiro atoms. The van der Waals surface area contributed by atoms with Gasteiger partial charge in [0.15, 0.2) is 0 Å². The molecule has 1 unspecified atom stereocenters. The zero-order chi connectivity index (χ0) is 13.6. The maximum atomic E-state index is 11.8. The van der Waals surface area contributed by atoms with Crippen molar-refractivity contribution in [2.75, 3.05) is 7.11 Å². The van der Waals surface area contributed by atoms with Crippen molar-refractivity contribution in [1.82, 2.24) is 5.32 Å². The van der Waals surface area contributed by atoms with Crippen molar-refractivity contribution in [3.8, 4) is 0 Å². The average Bonchev–Trinajstić information content (AvgIpc) is 2.22. The van der Waals surface area contributed by atoms with E-state index in [1.165, 1.54) is 7.11 Å². The summed E-state index contributed by atoms with van der Waals surface area (Å²) in [6, 6.07) is -1.22. The Labute approximate surface area is 103 Å². The van der Waals surface area contributed by atoms with Crippen LogP contribution in [0.1, 0.15) is 34.1 Å². The number of methoxy groups -OCH3 is 1. The highest BCUT2D eigenvalue weighted by molar-refractivity contribution is 5.87. The van der Waals surface area contributed by atoms with Gasteiger partial charge >= 0.3 is 5.97 Å². The Hall–Kier alpha value is -1.10. The summed E-state index contributed by atoms with van der Waals surface area (Å²) in [5.74, 6) is -0.433. The lowest BCUT2D eigenvalue weighted by Crippen LogP contribution is -2.51. The second-order valence-electron chi connectivity index (χ2n) is 4.99. The molecule has 0 bridgehead atoms. The zero-order valence-electron chi connectivity index (χ0n) is 11.3. The fourth-order valence-corrected chi connectivity index (χ4v) is 1.50. The topological polar surface area (TPSA) is 81.4 Å². The lowest BCUT2D eigenvalue weighted by Gasteiger charge is -2.22. The van der Waals surface area contributed by atoms with Crippen LogP contribution in [0.25, 0.3) is 0 Å². The van der Waals surface area contributed by atoms with Crippen molar-refractivity contribution < 1.29 is 14.3 Å². The van der Waals surface area contributed by atoms with E-state index in [1.54, 1.807) is 0 Å². The second-order valence-corrected chi connectivity index (χ2v) is 4.99. The van der Waals surface area contributed by atoms with Gasteiger partial charge < -0.3 is 15.8 Å². The summed E-state index contributed by atoms with van der Waals surface area (Å²) in [4.78, 5) is 23.2. The van der Waals surface area contributed by atoms with E-state index in [1.807, 2.05) is 27.7 Å².